The van der Waals surface area contributed by atoms with Crippen molar-refractivity contribution in [2.75, 3.05) is 17.9 Å². The molecule has 1 N–H and O–H groups in total. The van der Waals surface area contributed by atoms with Crippen molar-refractivity contribution < 1.29 is 18.7 Å². The Morgan fingerprint density at radius 1 is 1.25 bits per heavy atom. The molecule has 1 atom stereocenters. The molecular weight excluding hydrogens is 453 g/mol. The fourth-order valence-corrected chi connectivity index (χ4v) is 5.44. The molecule has 7 nitrogen and oxygen atoms in total. The Morgan fingerprint density at radius 3 is 2.84 bits per heavy atom. The Labute approximate surface area is 191 Å². The molecular formula is C22H18FN3O4S2. The number of hydrogen-bond acceptors (Lipinski definition) is 7. The summed E-state index contributed by atoms with van der Waals surface area (Å²) in [5.41, 5.74) is 1.63. The average molecular weight is 472 g/mol. The van der Waals surface area contributed by atoms with Gasteiger partial charge >= 0.3 is 0 Å². The van der Waals surface area contributed by atoms with Crippen LogP contribution in [0, 0.1) is 5.82 Å². The maximum atomic E-state index is 13.4. The van der Waals surface area contributed by atoms with Gasteiger partial charge in [-0.25, -0.2) is 9.37 Å². The molecule has 0 bridgehead atoms. The van der Waals surface area contributed by atoms with Crippen LogP contribution in [0.2, 0.25) is 0 Å². The number of aromatic nitrogens is 2. The number of benzene rings is 2. The summed E-state index contributed by atoms with van der Waals surface area (Å²) >= 11 is 2.65. The zero-order chi connectivity index (χ0) is 22.2. The van der Waals surface area contributed by atoms with Crippen molar-refractivity contribution in [3.8, 4) is 17.2 Å². The number of anilines is 1. The van der Waals surface area contributed by atoms with Crippen molar-refractivity contribution >= 4 is 35.1 Å². The van der Waals surface area contributed by atoms with Crippen LogP contribution in [-0.4, -0.2) is 33.3 Å². The lowest BCUT2D eigenvalue weighted by atomic mass is 10.2. The predicted molar refractivity (Wildman–Crippen MR) is 121 cm³/mol. The molecule has 1 aromatic heterocycles. The zero-order valence-electron chi connectivity index (χ0n) is 17.0. The third-order valence-corrected chi connectivity index (χ3v) is 7.11. The van der Waals surface area contributed by atoms with Gasteiger partial charge in [-0.15, -0.1) is 11.8 Å². The molecule has 2 aliphatic rings. The molecule has 0 spiro atoms. The van der Waals surface area contributed by atoms with Crippen LogP contribution in [0.5, 0.6) is 11.5 Å². The summed E-state index contributed by atoms with van der Waals surface area (Å²) in [5, 5.41) is 3.47. The predicted octanol–water partition coefficient (Wildman–Crippen LogP) is 3.87. The smallest absolute Gasteiger partial charge is 0.272 e. The number of rotatable bonds is 5. The average Bonchev–Trinajstić information content (AvgIpc) is 3.39. The van der Waals surface area contributed by atoms with Gasteiger partial charge in [0.05, 0.1) is 22.0 Å². The molecule has 32 heavy (non-hydrogen) atoms. The van der Waals surface area contributed by atoms with E-state index >= 15 is 0 Å². The van der Waals surface area contributed by atoms with Crippen LogP contribution in [0.15, 0.2) is 57.3 Å². The van der Waals surface area contributed by atoms with Crippen molar-refractivity contribution in [1.82, 2.24) is 9.55 Å². The van der Waals surface area contributed by atoms with Gasteiger partial charge in [0, 0.05) is 23.4 Å². The highest BCUT2D eigenvalue weighted by Gasteiger charge is 2.27. The van der Waals surface area contributed by atoms with E-state index in [1.807, 2.05) is 6.92 Å². The van der Waals surface area contributed by atoms with Crippen LogP contribution in [-0.2, 0) is 11.2 Å². The molecule has 0 saturated heterocycles. The Kier molecular flexibility index (Phi) is 5.56. The Balaban J connectivity index is 1.39. The van der Waals surface area contributed by atoms with Crippen molar-refractivity contribution in [3.05, 3.63) is 64.3 Å². The summed E-state index contributed by atoms with van der Waals surface area (Å²) in [4.78, 5) is 31.1. The van der Waals surface area contributed by atoms with Gasteiger partial charge in [-0.2, -0.15) is 0 Å². The minimum absolute atomic E-state index is 0.0452. The summed E-state index contributed by atoms with van der Waals surface area (Å²) in [6.07, 6.45) is 0.691. The van der Waals surface area contributed by atoms with Crippen molar-refractivity contribution in [1.29, 1.82) is 0 Å². The Hall–Kier alpha value is -2.98. The van der Waals surface area contributed by atoms with Crippen LogP contribution in [0.25, 0.3) is 5.69 Å². The fraction of sp³-hybridized carbons (Fsp3) is 0.227. The number of carbonyl (C=O) groups is 1. The van der Waals surface area contributed by atoms with E-state index in [1.165, 1.54) is 40.6 Å². The molecule has 0 fully saturated rings. The van der Waals surface area contributed by atoms with Crippen LogP contribution < -0.4 is 20.3 Å². The van der Waals surface area contributed by atoms with Gasteiger partial charge in [0.1, 0.15) is 5.82 Å². The summed E-state index contributed by atoms with van der Waals surface area (Å²) < 4.78 is 25.5. The third kappa shape index (κ3) is 4.07. The van der Waals surface area contributed by atoms with Crippen molar-refractivity contribution in [3.63, 3.8) is 0 Å². The number of ether oxygens (including phenoxy) is 2. The lowest BCUT2D eigenvalue weighted by Gasteiger charge is -2.14. The first kappa shape index (κ1) is 20.9. The summed E-state index contributed by atoms with van der Waals surface area (Å²) in [6, 6.07) is 10.8. The topological polar surface area (TPSA) is 82.4 Å². The first-order valence-electron chi connectivity index (χ1n) is 9.89. The lowest BCUT2D eigenvalue weighted by molar-refractivity contribution is -0.113. The number of amides is 1. The minimum Gasteiger partial charge on any atom is -0.454 e. The molecule has 0 saturated carbocycles. The number of nitrogens with one attached hydrogen (secondary N) is 1. The van der Waals surface area contributed by atoms with E-state index in [4.69, 9.17) is 9.47 Å². The second kappa shape index (κ2) is 8.51. The van der Waals surface area contributed by atoms with Gasteiger partial charge in [0.15, 0.2) is 16.7 Å². The Bertz CT molecular complexity index is 1260. The molecule has 10 heteroatoms. The van der Waals surface area contributed by atoms with E-state index in [0.717, 1.165) is 17.5 Å². The standard InChI is InChI=1S/C22H18FN3O4S2/c1-12-8-16-20(32-12)21(28)26(15-5-2-13(23)3-6-15)22(25-16)31-10-19(27)24-14-4-7-17-18(9-14)30-11-29-17/h2-7,9,12H,8,10-11H2,1H3,(H,24,27)/t12-/m0/s1. The van der Waals surface area contributed by atoms with Crippen LogP contribution in [0.4, 0.5) is 10.1 Å². The maximum Gasteiger partial charge on any atom is 0.272 e. The molecule has 5 rings (SSSR count). The first-order chi connectivity index (χ1) is 15.5. The maximum absolute atomic E-state index is 13.4. The lowest BCUT2D eigenvalue weighted by Crippen LogP contribution is -2.24. The van der Waals surface area contributed by atoms with Crippen LogP contribution in [0.3, 0.4) is 0 Å². The molecule has 0 radical (unpaired) electrons. The molecule has 3 heterocycles. The highest BCUT2D eigenvalue weighted by Crippen LogP contribution is 2.36. The number of carbonyl (C=O) groups excluding carboxylic acids is 1. The van der Waals surface area contributed by atoms with Gasteiger partial charge in [0.2, 0.25) is 12.7 Å². The zero-order valence-corrected chi connectivity index (χ0v) is 18.6. The molecule has 3 aromatic rings. The van der Waals surface area contributed by atoms with E-state index in [-0.39, 0.29) is 29.3 Å². The number of hydrogen-bond donors (Lipinski definition) is 1. The van der Waals surface area contributed by atoms with Gasteiger partial charge < -0.3 is 14.8 Å². The van der Waals surface area contributed by atoms with Gasteiger partial charge in [-0.05, 0) is 36.4 Å². The molecule has 0 unspecified atom stereocenters. The normalized spacial score (nSPS) is 16.1. The highest BCUT2D eigenvalue weighted by molar-refractivity contribution is 8.00. The second-order valence-corrected chi connectivity index (χ2v) is 9.72. The largest absolute Gasteiger partial charge is 0.454 e. The Morgan fingerprint density at radius 2 is 2.03 bits per heavy atom. The number of fused-ring (bicyclic) bond motifs is 2. The van der Waals surface area contributed by atoms with E-state index in [2.05, 4.69) is 10.3 Å². The van der Waals surface area contributed by atoms with Gasteiger partial charge in [-0.1, -0.05) is 18.7 Å². The number of nitrogens with zero attached hydrogens (tertiary/aromatic N) is 2. The SMILES string of the molecule is C[C@H]1Cc2nc(SCC(=O)Nc3ccc4c(c3)OCO4)n(-c3ccc(F)cc3)c(=O)c2S1. The molecule has 2 aliphatic heterocycles. The molecule has 0 aliphatic carbocycles. The number of halogens is 1. The van der Waals surface area contributed by atoms with E-state index in [1.54, 1.807) is 18.2 Å². The summed E-state index contributed by atoms with van der Waals surface area (Å²) in [5.74, 6) is 0.611. The minimum atomic E-state index is -0.392. The third-order valence-electron chi connectivity index (χ3n) is 4.95. The van der Waals surface area contributed by atoms with Gasteiger partial charge in [0.25, 0.3) is 5.56 Å². The molecule has 2 aromatic carbocycles. The van der Waals surface area contributed by atoms with Gasteiger partial charge in [-0.3, -0.25) is 14.2 Å². The van der Waals surface area contributed by atoms with E-state index in [9.17, 15) is 14.0 Å². The number of thioether (sulfide) groups is 2. The summed E-state index contributed by atoms with van der Waals surface area (Å²) in [6.45, 7) is 2.20. The van der Waals surface area contributed by atoms with E-state index in [0.29, 0.717) is 39.3 Å². The quantitative estimate of drug-likeness (QED) is 0.447. The fourth-order valence-electron chi connectivity index (χ4n) is 3.52. The molecule has 1 amide bonds. The van der Waals surface area contributed by atoms with Crippen LogP contribution in [0.1, 0.15) is 12.6 Å². The monoisotopic (exact) mass is 471 g/mol. The molecule has 164 valence electrons. The first-order valence-corrected chi connectivity index (χ1v) is 11.8. The van der Waals surface area contributed by atoms with Crippen molar-refractivity contribution in [2.24, 2.45) is 0 Å². The second-order valence-electron chi connectivity index (χ2n) is 7.32. The summed E-state index contributed by atoms with van der Waals surface area (Å²) in [7, 11) is 0. The van der Waals surface area contributed by atoms with Crippen LogP contribution >= 0.6 is 23.5 Å². The van der Waals surface area contributed by atoms with E-state index < -0.39 is 5.82 Å². The highest BCUT2D eigenvalue weighted by atomic mass is 32.2. The van der Waals surface area contributed by atoms with Crippen molar-refractivity contribution in [2.45, 2.75) is 28.6 Å².